The van der Waals surface area contributed by atoms with Gasteiger partial charge in [0.25, 0.3) is 0 Å². The molecule has 1 N–H and O–H groups in total. The Labute approximate surface area is 109 Å². The number of thiophene rings is 1. The maximum Gasteiger partial charge on any atom is 0.138 e. The van der Waals surface area contributed by atoms with Crippen molar-refractivity contribution in [2.75, 3.05) is 5.32 Å². The molecule has 3 rings (SSSR count). The van der Waals surface area contributed by atoms with Gasteiger partial charge in [0.2, 0.25) is 0 Å². The Bertz CT molecular complexity index is 673. The second kappa shape index (κ2) is 4.42. The fourth-order valence-corrected chi connectivity index (χ4v) is 2.60. The normalized spacial score (nSPS) is 12.8. The third kappa shape index (κ3) is 1.97. The van der Waals surface area contributed by atoms with E-state index < -0.39 is 0 Å². The SMILES string of the molecule is Cc1ccc(C(C)Nc2ncnc3sccc23)o1. The maximum absolute atomic E-state index is 5.61. The van der Waals surface area contributed by atoms with E-state index in [0.717, 1.165) is 27.6 Å². The average molecular weight is 259 g/mol. The number of hydrogen-bond acceptors (Lipinski definition) is 5. The third-order valence-corrected chi connectivity index (χ3v) is 3.62. The van der Waals surface area contributed by atoms with Crippen LogP contribution in [0.5, 0.6) is 0 Å². The number of nitrogens with one attached hydrogen (secondary N) is 1. The molecule has 1 atom stereocenters. The molecular weight excluding hydrogens is 246 g/mol. The van der Waals surface area contributed by atoms with Gasteiger partial charge in [0.05, 0.1) is 11.4 Å². The third-order valence-electron chi connectivity index (χ3n) is 2.80. The second-order valence-electron chi connectivity index (χ2n) is 4.18. The van der Waals surface area contributed by atoms with Gasteiger partial charge in [-0.25, -0.2) is 9.97 Å². The summed E-state index contributed by atoms with van der Waals surface area (Å²) in [7, 11) is 0. The van der Waals surface area contributed by atoms with Crippen LogP contribution in [-0.4, -0.2) is 9.97 Å². The summed E-state index contributed by atoms with van der Waals surface area (Å²) in [6, 6.07) is 6.06. The van der Waals surface area contributed by atoms with E-state index in [1.54, 1.807) is 17.7 Å². The molecule has 92 valence electrons. The van der Waals surface area contributed by atoms with Crippen molar-refractivity contribution in [3.8, 4) is 0 Å². The number of nitrogens with zero attached hydrogens (tertiary/aromatic N) is 2. The Morgan fingerprint density at radius 1 is 1.28 bits per heavy atom. The van der Waals surface area contributed by atoms with Gasteiger partial charge in [0.15, 0.2) is 0 Å². The number of hydrogen-bond donors (Lipinski definition) is 1. The number of furan rings is 1. The van der Waals surface area contributed by atoms with Gasteiger partial charge in [-0.05, 0) is 37.4 Å². The molecule has 3 aromatic heterocycles. The maximum atomic E-state index is 5.61. The highest BCUT2D eigenvalue weighted by molar-refractivity contribution is 7.16. The van der Waals surface area contributed by atoms with Crippen molar-refractivity contribution in [2.24, 2.45) is 0 Å². The number of rotatable bonds is 3. The molecule has 1 unspecified atom stereocenters. The van der Waals surface area contributed by atoms with E-state index in [9.17, 15) is 0 Å². The summed E-state index contributed by atoms with van der Waals surface area (Å²) in [5.41, 5.74) is 0. The summed E-state index contributed by atoms with van der Waals surface area (Å²) in [5.74, 6) is 2.68. The average Bonchev–Trinajstić information content (AvgIpc) is 2.97. The van der Waals surface area contributed by atoms with E-state index in [4.69, 9.17) is 4.42 Å². The van der Waals surface area contributed by atoms with E-state index in [1.165, 1.54) is 0 Å². The van der Waals surface area contributed by atoms with Gasteiger partial charge in [0, 0.05) is 0 Å². The van der Waals surface area contributed by atoms with E-state index >= 15 is 0 Å². The summed E-state index contributed by atoms with van der Waals surface area (Å²) < 4.78 is 5.61. The lowest BCUT2D eigenvalue weighted by molar-refractivity contribution is 0.466. The Balaban J connectivity index is 1.90. The molecule has 4 nitrogen and oxygen atoms in total. The van der Waals surface area contributed by atoms with Crippen molar-refractivity contribution < 1.29 is 4.42 Å². The molecule has 0 fully saturated rings. The predicted octanol–water partition coefficient (Wildman–Crippen LogP) is 3.77. The molecule has 0 radical (unpaired) electrons. The molecule has 3 heterocycles. The zero-order valence-electron chi connectivity index (χ0n) is 10.2. The van der Waals surface area contributed by atoms with Crippen molar-refractivity contribution in [1.82, 2.24) is 9.97 Å². The molecule has 3 aromatic rings. The number of fused-ring (bicyclic) bond motifs is 1. The zero-order valence-corrected chi connectivity index (χ0v) is 11.0. The van der Waals surface area contributed by atoms with Gasteiger partial charge in [0.1, 0.15) is 28.5 Å². The number of anilines is 1. The first-order chi connectivity index (χ1) is 8.74. The molecule has 0 aliphatic carbocycles. The first-order valence-electron chi connectivity index (χ1n) is 5.75. The predicted molar refractivity (Wildman–Crippen MR) is 72.9 cm³/mol. The molecule has 0 aliphatic heterocycles. The Morgan fingerprint density at radius 2 is 2.17 bits per heavy atom. The summed E-state index contributed by atoms with van der Waals surface area (Å²) in [6.07, 6.45) is 1.58. The van der Waals surface area contributed by atoms with Gasteiger partial charge < -0.3 is 9.73 Å². The fourth-order valence-electron chi connectivity index (χ4n) is 1.87. The lowest BCUT2D eigenvalue weighted by Crippen LogP contribution is -2.07. The highest BCUT2D eigenvalue weighted by Gasteiger charge is 2.12. The molecular formula is C13H13N3OS. The van der Waals surface area contributed by atoms with Crippen molar-refractivity contribution in [1.29, 1.82) is 0 Å². The molecule has 0 saturated carbocycles. The van der Waals surface area contributed by atoms with Crippen LogP contribution in [0, 0.1) is 6.92 Å². The lowest BCUT2D eigenvalue weighted by Gasteiger charge is -2.12. The van der Waals surface area contributed by atoms with Crippen LogP contribution in [0.2, 0.25) is 0 Å². The summed E-state index contributed by atoms with van der Waals surface area (Å²) in [5, 5.41) is 6.44. The van der Waals surface area contributed by atoms with E-state index in [1.807, 2.05) is 30.5 Å². The van der Waals surface area contributed by atoms with Crippen LogP contribution >= 0.6 is 11.3 Å². The summed E-state index contributed by atoms with van der Waals surface area (Å²) in [4.78, 5) is 9.52. The van der Waals surface area contributed by atoms with Crippen LogP contribution in [0.3, 0.4) is 0 Å². The number of aryl methyl sites for hydroxylation is 1. The van der Waals surface area contributed by atoms with Gasteiger partial charge >= 0.3 is 0 Å². The monoisotopic (exact) mass is 259 g/mol. The van der Waals surface area contributed by atoms with Crippen LogP contribution in [0.25, 0.3) is 10.2 Å². The van der Waals surface area contributed by atoms with Crippen molar-refractivity contribution >= 4 is 27.4 Å². The molecule has 0 bridgehead atoms. The van der Waals surface area contributed by atoms with Crippen molar-refractivity contribution in [3.63, 3.8) is 0 Å². The fraction of sp³-hybridized carbons (Fsp3) is 0.231. The largest absolute Gasteiger partial charge is 0.464 e. The first kappa shape index (κ1) is 11.2. The van der Waals surface area contributed by atoms with Gasteiger partial charge in [-0.1, -0.05) is 0 Å². The van der Waals surface area contributed by atoms with Gasteiger partial charge in [-0.15, -0.1) is 11.3 Å². The number of aromatic nitrogens is 2. The highest BCUT2D eigenvalue weighted by atomic mass is 32.1. The second-order valence-corrected chi connectivity index (χ2v) is 5.07. The van der Waals surface area contributed by atoms with Crippen LogP contribution < -0.4 is 5.32 Å². The molecule has 18 heavy (non-hydrogen) atoms. The smallest absolute Gasteiger partial charge is 0.138 e. The van der Waals surface area contributed by atoms with Crippen LogP contribution in [0.15, 0.2) is 34.3 Å². The first-order valence-corrected chi connectivity index (χ1v) is 6.63. The molecule has 0 aliphatic rings. The van der Waals surface area contributed by atoms with Crippen LogP contribution in [0.1, 0.15) is 24.5 Å². The summed E-state index contributed by atoms with van der Waals surface area (Å²) in [6.45, 7) is 4.00. The molecule has 5 heteroatoms. The van der Waals surface area contributed by atoms with Crippen molar-refractivity contribution in [2.45, 2.75) is 19.9 Å². The van der Waals surface area contributed by atoms with E-state index in [-0.39, 0.29) is 6.04 Å². The minimum Gasteiger partial charge on any atom is -0.464 e. The Morgan fingerprint density at radius 3 is 2.94 bits per heavy atom. The molecule has 0 amide bonds. The van der Waals surface area contributed by atoms with Crippen LogP contribution in [-0.2, 0) is 0 Å². The highest BCUT2D eigenvalue weighted by Crippen LogP contribution is 2.27. The molecule has 0 aromatic carbocycles. The van der Waals surface area contributed by atoms with Crippen molar-refractivity contribution in [3.05, 3.63) is 41.4 Å². The quantitative estimate of drug-likeness (QED) is 0.778. The van der Waals surface area contributed by atoms with Crippen LogP contribution in [0.4, 0.5) is 5.82 Å². The standard InChI is InChI=1S/C13H13N3OS/c1-8-3-4-11(17-8)9(2)16-12-10-5-6-18-13(10)15-7-14-12/h3-7,9H,1-2H3,(H,14,15,16). The minimum absolute atomic E-state index is 0.0803. The zero-order chi connectivity index (χ0) is 12.5. The molecule has 0 spiro atoms. The van der Waals surface area contributed by atoms with E-state index in [0.29, 0.717) is 0 Å². The van der Waals surface area contributed by atoms with Gasteiger partial charge in [-0.2, -0.15) is 0 Å². The topological polar surface area (TPSA) is 51.0 Å². The minimum atomic E-state index is 0.0803. The lowest BCUT2D eigenvalue weighted by atomic mass is 10.2. The van der Waals surface area contributed by atoms with E-state index in [2.05, 4.69) is 22.2 Å². The summed E-state index contributed by atoms with van der Waals surface area (Å²) >= 11 is 1.61. The molecule has 0 saturated heterocycles. The van der Waals surface area contributed by atoms with Gasteiger partial charge in [-0.3, -0.25) is 0 Å². The Hall–Kier alpha value is -1.88. The Kier molecular flexibility index (Phi) is 2.76.